The van der Waals surface area contributed by atoms with Crippen molar-refractivity contribution in [3.63, 3.8) is 0 Å². The summed E-state index contributed by atoms with van der Waals surface area (Å²) >= 11 is 0. The zero-order chi connectivity index (χ0) is 21.1. The predicted octanol–water partition coefficient (Wildman–Crippen LogP) is 3.80. The topological polar surface area (TPSA) is 78.9 Å². The van der Waals surface area contributed by atoms with E-state index in [1.54, 1.807) is 0 Å². The van der Waals surface area contributed by atoms with Gasteiger partial charge in [0, 0.05) is 37.5 Å². The van der Waals surface area contributed by atoms with Crippen molar-refractivity contribution >= 4 is 15.5 Å². The summed E-state index contributed by atoms with van der Waals surface area (Å²) in [5, 5.41) is 13.5. The van der Waals surface area contributed by atoms with Gasteiger partial charge in [-0.3, -0.25) is 4.90 Å². The molecular weight excluding hydrogens is 388 g/mol. The highest BCUT2D eigenvalue weighted by atomic mass is 32.2. The molecule has 0 bridgehead atoms. The van der Waals surface area contributed by atoms with Crippen LogP contribution in [-0.2, 0) is 14.6 Å². The lowest BCUT2D eigenvalue weighted by atomic mass is 9.79. The average molecular weight is 425 g/mol. The highest BCUT2D eigenvalue weighted by Crippen LogP contribution is 2.37. The van der Waals surface area contributed by atoms with Gasteiger partial charge in [0.15, 0.2) is 9.84 Å². The molecule has 3 rings (SSSR count). The van der Waals surface area contributed by atoms with Gasteiger partial charge in [0.2, 0.25) is 0 Å². The zero-order valence-corrected chi connectivity index (χ0v) is 18.8. The molecule has 29 heavy (non-hydrogen) atoms. The Morgan fingerprint density at radius 3 is 2.45 bits per heavy atom. The van der Waals surface area contributed by atoms with Crippen LogP contribution in [0.2, 0.25) is 0 Å². The highest BCUT2D eigenvalue weighted by Gasteiger charge is 2.38. The molecule has 0 amide bonds. The van der Waals surface area contributed by atoms with E-state index in [1.165, 1.54) is 37.3 Å². The van der Waals surface area contributed by atoms with E-state index in [0.717, 1.165) is 51.8 Å². The number of phenolic OH excluding ortho intramolecular Hbond substituents is 1. The number of piperidine rings is 1. The van der Waals surface area contributed by atoms with Gasteiger partial charge in [0.1, 0.15) is 5.75 Å². The Hall–Kier alpha value is -1.31. The maximum Gasteiger partial charge on any atom is 0.175 e. The SMILES string of the molecule is CCCOC1CCC(C)(N2CCC(Nc3cc(S(C)(=O)=O)ccc3O)CC2)CC1. The molecule has 0 atom stereocenters. The Labute approximate surface area is 175 Å². The van der Waals surface area contributed by atoms with Crippen molar-refractivity contribution in [1.29, 1.82) is 0 Å². The number of sulfone groups is 1. The van der Waals surface area contributed by atoms with E-state index >= 15 is 0 Å². The fourth-order valence-electron chi connectivity index (χ4n) is 4.63. The first-order valence-electron chi connectivity index (χ1n) is 10.9. The summed E-state index contributed by atoms with van der Waals surface area (Å²) < 4.78 is 29.5. The van der Waals surface area contributed by atoms with Crippen LogP contribution in [0.4, 0.5) is 5.69 Å². The molecular formula is C22H36N2O4S. The van der Waals surface area contributed by atoms with Crippen LogP contribution in [0.15, 0.2) is 23.1 Å². The Morgan fingerprint density at radius 2 is 1.86 bits per heavy atom. The quantitative estimate of drug-likeness (QED) is 0.648. The number of likely N-dealkylation sites (tertiary alicyclic amines) is 1. The first kappa shape index (κ1) is 22.4. The third-order valence-electron chi connectivity index (χ3n) is 6.58. The van der Waals surface area contributed by atoms with Crippen molar-refractivity contribution in [1.82, 2.24) is 4.90 Å². The second-order valence-electron chi connectivity index (χ2n) is 8.92. The Morgan fingerprint density at radius 1 is 1.21 bits per heavy atom. The fourth-order valence-corrected chi connectivity index (χ4v) is 5.27. The zero-order valence-electron chi connectivity index (χ0n) is 18.0. The summed E-state index contributed by atoms with van der Waals surface area (Å²) in [7, 11) is -3.29. The van der Waals surface area contributed by atoms with E-state index in [0.29, 0.717) is 11.8 Å². The van der Waals surface area contributed by atoms with Crippen LogP contribution in [0.3, 0.4) is 0 Å². The molecule has 1 aromatic rings. The third-order valence-corrected chi connectivity index (χ3v) is 7.69. The third kappa shape index (κ3) is 5.64. The van der Waals surface area contributed by atoms with Gasteiger partial charge in [0.05, 0.1) is 16.7 Å². The number of rotatable bonds is 7. The molecule has 1 heterocycles. The number of ether oxygens (including phenoxy) is 1. The van der Waals surface area contributed by atoms with Crippen LogP contribution in [0.25, 0.3) is 0 Å². The van der Waals surface area contributed by atoms with E-state index in [1.807, 2.05) is 0 Å². The summed E-state index contributed by atoms with van der Waals surface area (Å²) in [4.78, 5) is 2.85. The lowest BCUT2D eigenvalue weighted by Crippen LogP contribution is -2.53. The van der Waals surface area contributed by atoms with Gasteiger partial charge in [-0.1, -0.05) is 6.92 Å². The monoisotopic (exact) mass is 424 g/mol. The smallest absolute Gasteiger partial charge is 0.175 e. The van der Waals surface area contributed by atoms with Crippen molar-refractivity contribution < 1.29 is 18.3 Å². The number of phenols is 1. The number of benzene rings is 1. The molecule has 7 heteroatoms. The van der Waals surface area contributed by atoms with Gasteiger partial charge < -0.3 is 15.2 Å². The van der Waals surface area contributed by atoms with Crippen LogP contribution in [-0.4, -0.2) is 62.1 Å². The largest absolute Gasteiger partial charge is 0.506 e. The summed E-state index contributed by atoms with van der Waals surface area (Å²) in [6.45, 7) is 7.44. The van der Waals surface area contributed by atoms with E-state index in [9.17, 15) is 13.5 Å². The summed E-state index contributed by atoms with van der Waals surface area (Å²) in [6.07, 6.45) is 9.28. The second kappa shape index (κ2) is 9.23. The predicted molar refractivity (Wildman–Crippen MR) is 116 cm³/mol. The van der Waals surface area contributed by atoms with E-state index in [2.05, 4.69) is 24.1 Å². The molecule has 1 saturated carbocycles. The molecule has 1 saturated heterocycles. The molecule has 1 aromatic carbocycles. The second-order valence-corrected chi connectivity index (χ2v) is 10.9. The summed E-state index contributed by atoms with van der Waals surface area (Å²) in [5.41, 5.74) is 0.751. The minimum atomic E-state index is -3.29. The molecule has 0 aromatic heterocycles. The molecule has 1 aliphatic carbocycles. The molecule has 0 unspecified atom stereocenters. The number of aromatic hydroxyl groups is 1. The lowest BCUT2D eigenvalue weighted by molar-refractivity contribution is -0.0277. The number of hydrogen-bond donors (Lipinski definition) is 2. The maximum atomic E-state index is 11.8. The van der Waals surface area contributed by atoms with Gasteiger partial charge in [-0.15, -0.1) is 0 Å². The van der Waals surface area contributed by atoms with Gasteiger partial charge in [-0.2, -0.15) is 0 Å². The minimum Gasteiger partial charge on any atom is -0.506 e. The van der Waals surface area contributed by atoms with Crippen molar-refractivity contribution in [3.05, 3.63) is 18.2 Å². The number of nitrogens with one attached hydrogen (secondary N) is 1. The molecule has 2 aliphatic rings. The van der Waals surface area contributed by atoms with Crippen LogP contribution in [0.5, 0.6) is 5.75 Å². The first-order valence-corrected chi connectivity index (χ1v) is 12.8. The standard InChI is InChI=1S/C22H36N2O4S/c1-4-15-28-18-7-11-22(2,12-8-18)24-13-9-17(10-14-24)23-20-16-19(29(3,26)27)5-6-21(20)25/h5-6,16-18,23,25H,4,7-15H2,1-3H3. The summed E-state index contributed by atoms with van der Waals surface area (Å²) in [5.74, 6) is 0.0946. The maximum absolute atomic E-state index is 11.8. The van der Waals surface area contributed by atoms with E-state index < -0.39 is 9.84 Å². The number of anilines is 1. The fraction of sp³-hybridized carbons (Fsp3) is 0.727. The molecule has 2 fully saturated rings. The first-order chi connectivity index (χ1) is 13.7. The normalized spacial score (nSPS) is 27.1. The Balaban J connectivity index is 1.54. The van der Waals surface area contributed by atoms with E-state index in [4.69, 9.17) is 4.74 Å². The van der Waals surface area contributed by atoms with Crippen molar-refractivity contribution in [2.75, 3.05) is 31.3 Å². The Bertz CT molecular complexity index is 780. The summed E-state index contributed by atoms with van der Waals surface area (Å²) in [6, 6.07) is 4.67. The molecule has 2 N–H and O–H groups in total. The van der Waals surface area contributed by atoms with Gasteiger partial charge in [0.25, 0.3) is 0 Å². The van der Waals surface area contributed by atoms with Crippen molar-refractivity contribution in [2.45, 2.75) is 81.4 Å². The number of hydrogen-bond acceptors (Lipinski definition) is 6. The van der Waals surface area contributed by atoms with Crippen LogP contribution < -0.4 is 5.32 Å². The molecule has 164 valence electrons. The van der Waals surface area contributed by atoms with Crippen LogP contribution in [0, 0.1) is 0 Å². The molecule has 0 radical (unpaired) electrons. The molecule has 1 aliphatic heterocycles. The van der Waals surface area contributed by atoms with Gasteiger partial charge in [-0.05, 0) is 70.1 Å². The van der Waals surface area contributed by atoms with Crippen LogP contribution in [0.1, 0.15) is 58.8 Å². The molecule has 0 spiro atoms. The van der Waals surface area contributed by atoms with Gasteiger partial charge in [-0.25, -0.2) is 8.42 Å². The molecule has 6 nitrogen and oxygen atoms in total. The number of nitrogens with zero attached hydrogens (tertiary/aromatic N) is 1. The van der Waals surface area contributed by atoms with Crippen molar-refractivity contribution in [2.24, 2.45) is 0 Å². The Kier molecular flexibility index (Phi) is 7.12. The van der Waals surface area contributed by atoms with Crippen LogP contribution >= 0.6 is 0 Å². The van der Waals surface area contributed by atoms with Gasteiger partial charge >= 0.3 is 0 Å². The van der Waals surface area contributed by atoms with E-state index in [-0.39, 0.29) is 22.2 Å². The average Bonchev–Trinajstić information content (AvgIpc) is 2.69. The highest BCUT2D eigenvalue weighted by molar-refractivity contribution is 7.90. The van der Waals surface area contributed by atoms with Crippen molar-refractivity contribution in [3.8, 4) is 5.75 Å². The minimum absolute atomic E-state index is 0.0946. The lowest BCUT2D eigenvalue weighted by Gasteiger charge is -2.48.